The van der Waals surface area contributed by atoms with E-state index in [0.29, 0.717) is 0 Å². The summed E-state index contributed by atoms with van der Waals surface area (Å²) in [5.41, 5.74) is 0.574. The molecule has 0 aliphatic heterocycles. The zero-order valence-corrected chi connectivity index (χ0v) is 14.3. The Morgan fingerprint density at radius 3 is 2.42 bits per heavy atom. The minimum absolute atomic E-state index is 0.129. The topological polar surface area (TPSA) is 41.1 Å². The van der Waals surface area contributed by atoms with Crippen LogP contribution in [-0.4, -0.2) is 12.5 Å². The van der Waals surface area contributed by atoms with Crippen molar-refractivity contribution in [3.63, 3.8) is 0 Å². The molecule has 3 rings (SSSR count). The molecule has 0 aliphatic carbocycles. The van der Waals surface area contributed by atoms with Gasteiger partial charge in [0.05, 0.1) is 18.3 Å². The fourth-order valence-corrected chi connectivity index (χ4v) is 3.32. The fraction of sp³-hybridized carbons (Fsp3) is 0.105. The molecule has 2 aromatic carbocycles. The van der Waals surface area contributed by atoms with Gasteiger partial charge in [-0.05, 0) is 29.1 Å². The lowest BCUT2D eigenvalue weighted by Crippen LogP contribution is -2.31. The van der Waals surface area contributed by atoms with Crippen molar-refractivity contribution in [1.29, 1.82) is 0 Å². The van der Waals surface area contributed by atoms with Gasteiger partial charge in [0.1, 0.15) is 0 Å². The molecule has 1 heterocycles. The third-order valence-corrected chi connectivity index (χ3v) is 4.67. The van der Waals surface area contributed by atoms with Crippen LogP contribution in [-0.2, 0) is 4.79 Å². The number of benzene rings is 2. The number of hydrogen-bond acceptors (Lipinski definition) is 3. The summed E-state index contributed by atoms with van der Waals surface area (Å²) in [5, 5.41) is 7.30. The Balaban J connectivity index is 1.70. The normalized spacial score (nSPS) is 12.0. The minimum atomic E-state index is -1.61. The van der Waals surface area contributed by atoms with E-state index >= 15 is 0 Å². The molecule has 1 amide bonds. The number of hydrogen-bond donors (Lipinski definition) is 2. The van der Waals surface area contributed by atoms with Crippen molar-refractivity contribution >= 4 is 22.9 Å². The van der Waals surface area contributed by atoms with E-state index in [1.54, 1.807) is 11.3 Å². The van der Waals surface area contributed by atoms with Crippen LogP contribution in [0.15, 0.2) is 60.0 Å². The van der Waals surface area contributed by atoms with E-state index in [1.165, 1.54) is 0 Å². The SMILES string of the molecule is O=C(CN[C@H](c1ccccc1)c1cccs1)Nc1ccc(F)c(F)c1F. The lowest BCUT2D eigenvalue weighted by atomic mass is 10.1. The highest BCUT2D eigenvalue weighted by molar-refractivity contribution is 7.10. The molecule has 0 unspecified atom stereocenters. The van der Waals surface area contributed by atoms with Gasteiger partial charge < -0.3 is 5.32 Å². The van der Waals surface area contributed by atoms with Crippen molar-refractivity contribution in [1.82, 2.24) is 5.32 Å². The third-order valence-electron chi connectivity index (χ3n) is 3.74. The first-order valence-electron chi connectivity index (χ1n) is 7.81. The Morgan fingerprint density at radius 1 is 0.962 bits per heavy atom. The molecule has 0 radical (unpaired) electrons. The summed E-state index contributed by atoms with van der Waals surface area (Å²) < 4.78 is 39.9. The number of carbonyl (C=O) groups excluding carboxylic acids is 1. The van der Waals surface area contributed by atoms with Gasteiger partial charge in [-0.2, -0.15) is 0 Å². The van der Waals surface area contributed by atoms with Crippen LogP contribution in [0.5, 0.6) is 0 Å². The van der Waals surface area contributed by atoms with Crippen LogP contribution in [0.4, 0.5) is 18.9 Å². The minimum Gasteiger partial charge on any atom is -0.322 e. The summed E-state index contributed by atoms with van der Waals surface area (Å²) >= 11 is 1.54. The second-order valence-corrected chi connectivity index (χ2v) is 6.49. The molecule has 3 nitrogen and oxygen atoms in total. The first-order chi connectivity index (χ1) is 12.6. The zero-order chi connectivity index (χ0) is 18.5. The highest BCUT2D eigenvalue weighted by Crippen LogP contribution is 2.26. The van der Waals surface area contributed by atoms with E-state index in [0.717, 1.165) is 22.6 Å². The maximum atomic E-state index is 13.7. The molecule has 134 valence electrons. The Kier molecular flexibility index (Phi) is 5.70. The van der Waals surface area contributed by atoms with E-state index in [2.05, 4.69) is 10.6 Å². The Bertz CT molecular complexity index is 885. The number of rotatable bonds is 6. The molecule has 3 aromatic rings. The van der Waals surface area contributed by atoms with Crippen LogP contribution >= 0.6 is 11.3 Å². The van der Waals surface area contributed by atoms with Gasteiger partial charge >= 0.3 is 0 Å². The van der Waals surface area contributed by atoms with E-state index in [1.807, 2.05) is 47.8 Å². The van der Waals surface area contributed by atoms with E-state index in [-0.39, 0.29) is 12.6 Å². The van der Waals surface area contributed by atoms with Gasteiger partial charge in [0.15, 0.2) is 17.5 Å². The van der Waals surface area contributed by atoms with E-state index < -0.39 is 29.0 Å². The summed E-state index contributed by atoms with van der Waals surface area (Å²) in [6.07, 6.45) is 0. The number of halogens is 3. The molecule has 0 saturated carbocycles. The summed E-state index contributed by atoms with van der Waals surface area (Å²) in [6.45, 7) is -0.129. The van der Waals surface area contributed by atoms with Gasteiger partial charge in [-0.15, -0.1) is 11.3 Å². The largest absolute Gasteiger partial charge is 0.322 e. The predicted octanol–water partition coefficient (Wildman–Crippen LogP) is 4.48. The number of amides is 1. The zero-order valence-electron chi connectivity index (χ0n) is 13.5. The van der Waals surface area contributed by atoms with Crippen LogP contribution in [0.1, 0.15) is 16.5 Å². The van der Waals surface area contributed by atoms with Crippen molar-refractivity contribution in [3.8, 4) is 0 Å². The van der Waals surface area contributed by atoms with Crippen molar-refractivity contribution in [3.05, 3.63) is 87.9 Å². The van der Waals surface area contributed by atoms with Crippen LogP contribution in [0.2, 0.25) is 0 Å². The fourth-order valence-electron chi connectivity index (χ4n) is 2.50. The lowest BCUT2D eigenvalue weighted by Gasteiger charge is -2.18. The van der Waals surface area contributed by atoms with Gasteiger partial charge in [0, 0.05) is 4.88 Å². The number of carbonyl (C=O) groups is 1. The second-order valence-electron chi connectivity index (χ2n) is 5.51. The van der Waals surface area contributed by atoms with Crippen molar-refractivity contribution in [2.75, 3.05) is 11.9 Å². The van der Waals surface area contributed by atoms with Crippen LogP contribution in [0.25, 0.3) is 0 Å². The second kappa shape index (κ2) is 8.16. The maximum absolute atomic E-state index is 13.7. The maximum Gasteiger partial charge on any atom is 0.238 e. The summed E-state index contributed by atoms with van der Waals surface area (Å²) in [6, 6.07) is 15.0. The summed E-state index contributed by atoms with van der Waals surface area (Å²) in [4.78, 5) is 13.1. The molecule has 7 heteroatoms. The van der Waals surface area contributed by atoms with Gasteiger partial charge in [0.25, 0.3) is 0 Å². The quantitative estimate of drug-likeness (QED) is 0.623. The van der Waals surface area contributed by atoms with Gasteiger partial charge in [-0.3, -0.25) is 10.1 Å². The van der Waals surface area contributed by atoms with Gasteiger partial charge in [-0.1, -0.05) is 36.4 Å². The van der Waals surface area contributed by atoms with Crippen molar-refractivity contribution in [2.24, 2.45) is 0 Å². The van der Waals surface area contributed by atoms with Crippen LogP contribution in [0, 0.1) is 17.5 Å². The average Bonchev–Trinajstić information content (AvgIpc) is 3.18. The van der Waals surface area contributed by atoms with Crippen molar-refractivity contribution < 1.29 is 18.0 Å². The van der Waals surface area contributed by atoms with Crippen LogP contribution in [0.3, 0.4) is 0 Å². The first kappa shape index (κ1) is 18.2. The molecule has 0 spiro atoms. The Morgan fingerprint density at radius 2 is 1.73 bits per heavy atom. The average molecular weight is 376 g/mol. The molecule has 0 saturated heterocycles. The molecule has 26 heavy (non-hydrogen) atoms. The highest BCUT2D eigenvalue weighted by atomic mass is 32.1. The highest BCUT2D eigenvalue weighted by Gasteiger charge is 2.18. The van der Waals surface area contributed by atoms with E-state index in [9.17, 15) is 18.0 Å². The standard InChI is InChI=1S/C19H15F3N2OS/c20-13-8-9-14(18(22)17(13)21)24-16(25)11-23-19(15-7-4-10-26-15)12-5-2-1-3-6-12/h1-10,19,23H,11H2,(H,24,25)/t19-/m1/s1. The predicted molar refractivity (Wildman–Crippen MR) is 95.6 cm³/mol. The molecule has 0 fully saturated rings. The molecular weight excluding hydrogens is 361 g/mol. The summed E-state index contributed by atoms with van der Waals surface area (Å²) in [5.74, 6) is -4.90. The smallest absolute Gasteiger partial charge is 0.238 e. The molecule has 1 atom stereocenters. The molecular formula is C19H15F3N2OS. The first-order valence-corrected chi connectivity index (χ1v) is 8.69. The number of nitrogens with one attached hydrogen (secondary N) is 2. The number of anilines is 1. The Labute approximate surface area is 152 Å². The summed E-state index contributed by atoms with van der Waals surface area (Å²) in [7, 11) is 0. The lowest BCUT2D eigenvalue weighted by molar-refractivity contribution is -0.115. The Hall–Kier alpha value is -2.64. The molecule has 0 aliphatic rings. The van der Waals surface area contributed by atoms with Gasteiger partial charge in [0.2, 0.25) is 5.91 Å². The molecule has 2 N–H and O–H groups in total. The molecule has 0 bridgehead atoms. The third kappa shape index (κ3) is 4.12. The van der Waals surface area contributed by atoms with Crippen molar-refractivity contribution in [2.45, 2.75) is 6.04 Å². The van der Waals surface area contributed by atoms with Gasteiger partial charge in [-0.25, -0.2) is 13.2 Å². The molecule has 1 aromatic heterocycles. The number of thiophene rings is 1. The van der Waals surface area contributed by atoms with Crippen LogP contribution < -0.4 is 10.6 Å². The van der Waals surface area contributed by atoms with E-state index in [4.69, 9.17) is 0 Å². The monoisotopic (exact) mass is 376 g/mol.